The summed E-state index contributed by atoms with van der Waals surface area (Å²) < 4.78 is 0. The van der Waals surface area contributed by atoms with Gasteiger partial charge < -0.3 is 0 Å². The van der Waals surface area contributed by atoms with Crippen molar-refractivity contribution in [1.29, 1.82) is 0 Å². The largest absolute Gasteiger partial charge is 0.106 e. The molecule has 0 bridgehead atoms. The predicted octanol–water partition coefficient (Wildman–Crippen LogP) is 6.52. The van der Waals surface area contributed by atoms with Crippen LogP contribution in [0.2, 0.25) is 0 Å². The molecule has 1 aromatic rings. The Morgan fingerprint density at radius 3 is 1.67 bits per heavy atom. The Balaban J connectivity index is -0.000000328. The molecular weight excluding hydrogens is 216 g/mol. The molecule has 102 valence electrons. The summed E-state index contributed by atoms with van der Waals surface area (Å²) in [5.74, 6) is 0. The van der Waals surface area contributed by atoms with Gasteiger partial charge in [0.2, 0.25) is 0 Å². The summed E-state index contributed by atoms with van der Waals surface area (Å²) in [5.41, 5.74) is 2.55. The van der Waals surface area contributed by atoms with E-state index in [-0.39, 0.29) is 0 Å². The molecule has 0 N–H and O–H groups in total. The molecule has 0 fully saturated rings. The van der Waals surface area contributed by atoms with Crippen molar-refractivity contribution in [3.8, 4) is 0 Å². The van der Waals surface area contributed by atoms with Crippen LogP contribution in [0, 0.1) is 0 Å². The van der Waals surface area contributed by atoms with E-state index >= 15 is 0 Å². The fourth-order valence-corrected chi connectivity index (χ4v) is 1.17. The van der Waals surface area contributed by atoms with Crippen molar-refractivity contribution in [3.63, 3.8) is 0 Å². The van der Waals surface area contributed by atoms with Gasteiger partial charge in [-0.05, 0) is 25.0 Å². The highest BCUT2D eigenvalue weighted by Crippen LogP contribution is 2.14. The maximum Gasteiger partial charge on any atom is -0.0187 e. The summed E-state index contributed by atoms with van der Waals surface area (Å²) in [6.07, 6.45) is 6.30. The van der Waals surface area contributed by atoms with Gasteiger partial charge in [-0.1, -0.05) is 76.3 Å². The fraction of sp³-hybridized carbons (Fsp3) is 0.333. The van der Waals surface area contributed by atoms with Gasteiger partial charge in [0.25, 0.3) is 0 Å². The molecule has 0 aliphatic rings. The molecule has 0 amide bonds. The zero-order chi connectivity index (χ0) is 14.8. The first kappa shape index (κ1) is 21.7. The average molecular weight is 246 g/mol. The topological polar surface area (TPSA) is 0 Å². The van der Waals surface area contributed by atoms with E-state index in [1.807, 2.05) is 40.7 Å². The third-order valence-electron chi connectivity index (χ3n) is 1.76. The Morgan fingerprint density at radius 1 is 0.889 bits per heavy atom. The Kier molecular flexibility index (Phi) is 25.1. The standard InChI is InChI=1S/C12H14.2C2H6.C2H4/c1-3-8-11(4-2)12-9-6-5-7-10-12;3*1-2/h3-10H,1-2H3;2*1-2H3;1-2H2/b8-3-,11-4+;;;. The van der Waals surface area contributed by atoms with Crippen molar-refractivity contribution >= 4 is 5.57 Å². The van der Waals surface area contributed by atoms with Gasteiger partial charge in [-0.3, -0.25) is 0 Å². The zero-order valence-electron chi connectivity index (χ0n) is 13.0. The quantitative estimate of drug-likeness (QED) is 0.411. The summed E-state index contributed by atoms with van der Waals surface area (Å²) in [4.78, 5) is 0. The second kappa shape index (κ2) is 20.8. The minimum absolute atomic E-state index is 1.28. The van der Waals surface area contributed by atoms with Crippen molar-refractivity contribution in [2.75, 3.05) is 0 Å². The van der Waals surface area contributed by atoms with Crippen molar-refractivity contribution in [2.45, 2.75) is 41.5 Å². The van der Waals surface area contributed by atoms with E-state index in [2.05, 4.69) is 62.6 Å². The van der Waals surface area contributed by atoms with E-state index in [1.165, 1.54) is 11.1 Å². The van der Waals surface area contributed by atoms with Crippen LogP contribution >= 0.6 is 0 Å². The molecule has 0 saturated heterocycles. The van der Waals surface area contributed by atoms with Crippen LogP contribution in [0.3, 0.4) is 0 Å². The SMILES string of the molecule is C/C=C\C(=C/C)c1ccccc1.C=C.CC.CC. The Morgan fingerprint density at radius 2 is 1.33 bits per heavy atom. The molecule has 0 aromatic heterocycles. The maximum absolute atomic E-state index is 3.00. The molecule has 1 aromatic carbocycles. The first-order chi connectivity index (χ1) is 8.88. The van der Waals surface area contributed by atoms with Crippen LogP contribution in [0.25, 0.3) is 5.57 Å². The van der Waals surface area contributed by atoms with E-state index in [1.54, 1.807) is 0 Å². The van der Waals surface area contributed by atoms with Crippen molar-refractivity contribution in [3.05, 3.63) is 67.3 Å². The van der Waals surface area contributed by atoms with E-state index in [9.17, 15) is 0 Å². The van der Waals surface area contributed by atoms with Crippen molar-refractivity contribution in [1.82, 2.24) is 0 Å². The number of rotatable bonds is 2. The number of hydrogen-bond acceptors (Lipinski definition) is 0. The summed E-state index contributed by atoms with van der Waals surface area (Å²) in [5, 5.41) is 0. The Labute approximate surface area is 115 Å². The lowest BCUT2D eigenvalue weighted by molar-refractivity contribution is 1.50. The monoisotopic (exact) mass is 246 g/mol. The summed E-state index contributed by atoms with van der Waals surface area (Å²) in [6.45, 7) is 18.1. The predicted molar refractivity (Wildman–Crippen MR) is 88.9 cm³/mol. The molecule has 0 unspecified atom stereocenters. The fourth-order valence-electron chi connectivity index (χ4n) is 1.17. The van der Waals surface area contributed by atoms with Crippen molar-refractivity contribution < 1.29 is 0 Å². The first-order valence-corrected chi connectivity index (χ1v) is 6.73. The van der Waals surface area contributed by atoms with E-state index in [4.69, 9.17) is 0 Å². The van der Waals surface area contributed by atoms with Crippen LogP contribution in [0.1, 0.15) is 47.1 Å². The van der Waals surface area contributed by atoms with Crippen LogP contribution in [-0.4, -0.2) is 0 Å². The summed E-state index contributed by atoms with van der Waals surface area (Å²) in [6, 6.07) is 10.4. The summed E-state index contributed by atoms with van der Waals surface area (Å²) >= 11 is 0. The minimum Gasteiger partial charge on any atom is -0.106 e. The number of hydrogen-bond donors (Lipinski definition) is 0. The summed E-state index contributed by atoms with van der Waals surface area (Å²) in [7, 11) is 0. The smallest absolute Gasteiger partial charge is 0.0187 e. The van der Waals surface area contributed by atoms with E-state index < -0.39 is 0 Å². The second-order valence-corrected chi connectivity index (χ2v) is 2.61. The molecule has 0 nitrogen and oxygen atoms in total. The Hall–Kier alpha value is -1.56. The molecule has 1 rings (SSSR count). The van der Waals surface area contributed by atoms with Crippen LogP contribution in [0.15, 0.2) is 61.7 Å². The lowest BCUT2D eigenvalue weighted by atomic mass is 10.1. The highest BCUT2D eigenvalue weighted by molar-refractivity contribution is 5.73. The molecule has 0 radical (unpaired) electrons. The lowest BCUT2D eigenvalue weighted by Crippen LogP contribution is -1.77. The minimum atomic E-state index is 1.28. The average Bonchev–Trinajstić information content (AvgIpc) is 2.52. The molecule has 0 aliphatic carbocycles. The highest BCUT2D eigenvalue weighted by atomic mass is 14.0. The molecule has 0 saturated carbocycles. The van der Waals surface area contributed by atoms with Crippen LogP contribution in [0.4, 0.5) is 0 Å². The number of allylic oxidation sites excluding steroid dienone is 4. The Bertz CT molecular complexity index is 291. The van der Waals surface area contributed by atoms with Gasteiger partial charge in [-0.15, -0.1) is 13.2 Å². The van der Waals surface area contributed by atoms with E-state index in [0.29, 0.717) is 0 Å². The molecular formula is C18H30. The van der Waals surface area contributed by atoms with Gasteiger partial charge in [-0.25, -0.2) is 0 Å². The zero-order valence-corrected chi connectivity index (χ0v) is 13.0. The van der Waals surface area contributed by atoms with Gasteiger partial charge in [-0.2, -0.15) is 0 Å². The third kappa shape index (κ3) is 10.9. The molecule has 0 atom stereocenters. The van der Waals surface area contributed by atoms with Crippen molar-refractivity contribution in [2.24, 2.45) is 0 Å². The maximum atomic E-state index is 3.00. The second-order valence-electron chi connectivity index (χ2n) is 2.61. The van der Waals surface area contributed by atoms with Crippen LogP contribution < -0.4 is 0 Å². The molecule has 0 spiro atoms. The first-order valence-electron chi connectivity index (χ1n) is 6.73. The lowest BCUT2D eigenvalue weighted by Gasteiger charge is -1.99. The van der Waals surface area contributed by atoms with Gasteiger partial charge in [0, 0.05) is 0 Å². The van der Waals surface area contributed by atoms with Gasteiger partial charge in [0.05, 0.1) is 0 Å². The molecule has 0 aliphatic heterocycles. The molecule has 0 heterocycles. The third-order valence-corrected chi connectivity index (χ3v) is 1.76. The number of benzene rings is 1. The van der Waals surface area contributed by atoms with E-state index in [0.717, 1.165) is 0 Å². The molecule has 18 heavy (non-hydrogen) atoms. The molecule has 0 heteroatoms. The van der Waals surface area contributed by atoms with Crippen LogP contribution in [0.5, 0.6) is 0 Å². The van der Waals surface area contributed by atoms with Crippen LogP contribution in [-0.2, 0) is 0 Å². The van der Waals surface area contributed by atoms with Gasteiger partial charge in [0.15, 0.2) is 0 Å². The van der Waals surface area contributed by atoms with Gasteiger partial charge in [0.1, 0.15) is 0 Å². The normalized spacial score (nSPS) is 9.11. The van der Waals surface area contributed by atoms with Gasteiger partial charge >= 0.3 is 0 Å². The highest BCUT2D eigenvalue weighted by Gasteiger charge is 1.92.